The number of nitrogens with zero attached hydrogens (tertiary/aromatic N) is 3. The number of amides is 1. The molecule has 220 valence electrons. The van der Waals surface area contributed by atoms with Crippen molar-refractivity contribution in [3.63, 3.8) is 0 Å². The van der Waals surface area contributed by atoms with Crippen molar-refractivity contribution >= 4 is 17.2 Å². The molecule has 2 aromatic carbocycles. The molecule has 10 heteroatoms. The Bertz CT molecular complexity index is 1800. The molecule has 1 amide bonds. The molecular formula is C33H29F2N3O4S. The predicted octanol–water partition coefficient (Wildman–Crippen LogP) is 6.09. The molecule has 1 spiro atoms. The second-order valence-corrected chi connectivity index (χ2v) is 12.2. The standard InChI is InChI=1S/C33H29F2N3O4S/c1-21-23(12-18-43-21)28-24-9-10-25(34)27(35)30(24)41-17-6-15-33(13-5-14-33)36-20-38(28)37-16-11-26(39)31(29(37)32(36)40)42-19-22-7-3-2-4-8-22/h2-4,6-12,15-16,18,28H,5,13-14,17,19-20H2,1H3/b15-6+. The molecule has 43 heavy (non-hydrogen) atoms. The third-order valence-corrected chi connectivity index (χ3v) is 9.51. The molecule has 0 saturated heterocycles. The maximum atomic E-state index is 15.5. The number of halogens is 2. The fourth-order valence-corrected chi connectivity index (χ4v) is 7.02. The summed E-state index contributed by atoms with van der Waals surface area (Å²) < 4.78 is 43.8. The van der Waals surface area contributed by atoms with Gasteiger partial charge in [-0.3, -0.25) is 19.3 Å². The van der Waals surface area contributed by atoms with Gasteiger partial charge in [0.2, 0.25) is 11.2 Å². The summed E-state index contributed by atoms with van der Waals surface area (Å²) in [4.78, 5) is 30.6. The molecule has 1 aliphatic carbocycles. The minimum Gasteiger partial charge on any atom is -0.486 e. The Kier molecular flexibility index (Phi) is 6.80. The highest BCUT2D eigenvalue weighted by Crippen LogP contribution is 2.45. The number of ether oxygens (including phenoxy) is 2. The van der Waals surface area contributed by atoms with E-state index >= 15 is 4.39 Å². The van der Waals surface area contributed by atoms with E-state index < -0.39 is 28.6 Å². The summed E-state index contributed by atoms with van der Waals surface area (Å²) in [6.07, 6.45) is 7.61. The average molecular weight is 602 g/mol. The van der Waals surface area contributed by atoms with Gasteiger partial charge in [-0.15, -0.1) is 11.3 Å². The molecule has 1 unspecified atom stereocenters. The van der Waals surface area contributed by atoms with E-state index in [0.29, 0.717) is 5.56 Å². The minimum atomic E-state index is -1.07. The fourth-order valence-electron chi connectivity index (χ4n) is 6.28. The second kappa shape index (κ2) is 10.7. The lowest BCUT2D eigenvalue weighted by Gasteiger charge is -2.54. The third kappa shape index (κ3) is 4.52. The Morgan fingerprint density at radius 2 is 1.86 bits per heavy atom. The lowest BCUT2D eigenvalue weighted by atomic mass is 9.74. The van der Waals surface area contributed by atoms with Crippen LogP contribution in [0.1, 0.15) is 57.4 Å². The Hall–Kier alpha value is -4.44. The predicted molar refractivity (Wildman–Crippen MR) is 159 cm³/mol. The summed E-state index contributed by atoms with van der Waals surface area (Å²) >= 11 is 1.53. The lowest BCUT2D eigenvalue weighted by Crippen LogP contribution is -2.64. The molecule has 2 aromatic heterocycles. The van der Waals surface area contributed by atoms with Crippen molar-refractivity contribution in [1.29, 1.82) is 0 Å². The van der Waals surface area contributed by atoms with Crippen LogP contribution in [0.25, 0.3) is 0 Å². The monoisotopic (exact) mass is 601 g/mol. The van der Waals surface area contributed by atoms with E-state index in [1.807, 2.05) is 59.8 Å². The summed E-state index contributed by atoms with van der Waals surface area (Å²) in [5.41, 5.74) is 1.16. The molecule has 0 N–H and O–H groups in total. The highest BCUT2D eigenvalue weighted by Gasteiger charge is 2.49. The molecule has 1 saturated carbocycles. The number of benzene rings is 2. The quantitative estimate of drug-likeness (QED) is 0.265. The number of aromatic nitrogens is 1. The number of fused-ring (bicyclic) bond motifs is 6. The number of rotatable bonds is 4. The average Bonchev–Trinajstić information content (AvgIpc) is 3.40. The highest BCUT2D eigenvalue weighted by atomic mass is 32.1. The smallest absolute Gasteiger partial charge is 0.278 e. The van der Waals surface area contributed by atoms with E-state index in [4.69, 9.17) is 9.47 Å². The molecule has 4 heterocycles. The van der Waals surface area contributed by atoms with Crippen molar-refractivity contribution in [3.05, 3.63) is 127 Å². The van der Waals surface area contributed by atoms with E-state index in [-0.39, 0.29) is 43.0 Å². The summed E-state index contributed by atoms with van der Waals surface area (Å²) in [6.45, 7) is 2.20. The number of thiophene rings is 1. The van der Waals surface area contributed by atoms with Gasteiger partial charge in [0.05, 0.1) is 5.54 Å². The number of pyridine rings is 1. The van der Waals surface area contributed by atoms with E-state index in [1.165, 1.54) is 23.5 Å². The lowest BCUT2D eigenvalue weighted by molar-refractivity contribution is 0.0253. The van der Waals surface area contributed by atoms with Crippen LogP contribution in [-0.2, 0) is 6.61 Å². The van der Waals surface area contributed by atoms with Crippen LogP contribution < -0.4 is 19.9 Å². The number of hydrogen-bond donors (Lipinski definition) is 0. The zero-order chi connectivity index (χ0) is 29.7. The van der Waals surface area contributed by atoms with E-state index in [2.05, 4.69) is 0 Å². The van der Waals surface area contributed by atoms with Crippen LogP contribution in [0.4, 0.5) is 8.78 Å². The summed E-state index contributed by atoms with van der Waals surface area (Å²) in [7, 11) is 0. The van der Waals surface area contributed by atoms with Gasteiger partial charge in [-0.1, -0.05) is 36.4 Å². The molecular weight excluding hydrogens is 572 g/mol. The van der Waals surface area contributed by atoms with Gasteiger partial charge < -0.3 is 14.4 Å². The minimum absolute atomic E-state index is 0.00271. The maximum absolute atomic E-state index is 15.5. The van der Waals surface area contributed by atoms with Crippen LogP contribution in [0.5, 0.6) is 11.5 Å². The van der Waals surface area contributed by atoms with Crippen LogP contribution in [0, 0.1) is 18.6 Å². The Morgan fingerprint density at radius 1 is 1.05 bits per heavy atom. The van der Waals surface area contributed by atoms with Gasteiger partial charge in [0.15, 0.2) is 23.0 Å². The van der Waals surface area contributed by atoms with Crippen molar-refractivity contribution in [2.24, 2.45) is 0 Å². The first-order valence-corrected chi connectivity index (χ1v) is 15.1. The van der Waals surface area contributed by atoms with E-state index in [9.17, 15) is 14.0 Å². The van der Waals surface area contributed by atoms with Crippen LogP contribution in [0.3, 0.4) is 0 Å². The van der Waals surface area contributed by atoms with Gasteiger partial charge in [-0.05, 0) is 67.0 Å². The highest BCUT2D eigenvalue weighted by molar-refractivity contribution is 7.10. The van der Waals surface area contributed by atoms with Crippen molar-refractivity contribution < 1.29 is 23.0 Å². The van der Waals surface area contributed by atoms with Crippen molar-refractivity contribution in [1.82, 2.24) is 9.58 Å². The molecule has 1 atom stereocenters. The topological polar surface area (TPSA) is 64.0 Å². The molecule has 7 rings (SSSR count). The molecule has 1 fully saturated rings. The van der Waals surface area contributed by atoms with Gasteiger partial charge in [0, 0.05) is 22.7 Å². The Balaban J connectivity index is 1.48. The summed E-state index contributed by atoms with van der Waals surface area (Å²) in [5, 5.41) is 3.86. The number of carbonyl (C=O) groups is 1. The van der Waals surface area contributed by atoms with E-state index in [0.717, 1.165) is 41.3 Å². The normalized spacial score (nSPS) is 19.5. The van der Waals surface area contributed by atoms with Crippen LogP contribution in [-0.4, -0.2) is 34.3 Å². The SMILES string of the molecule is Cc1sccc1C1c2ccc(F)c(F)c2OC/C=C/C2(CCC2)N2CN1n1ccc(=O)c(OCc3ccccc3)c1C2=O. The number of carbonyl (C=O) groups excluding carboxylic acids is 1. The van der Waals surface area contributed by atoms with Crippen LogP contribution in [0.15, 0.2) is 83.1 Å². The number of hydrogen-bond acceptors (Lipinski definition) is 6. The van der Waals surface area contributed by atoms with Gasteiger partial charge in [-0.2, -0.15) is 4.39 Å². The molecule has 0 radical (unpaired) electrons. The Morgan fingerprint density at radius 3 is 2.58 bits per heavy atom. The van der Waals surface area contributed by atoms with Crippen LogP contribution >= 0.6 is 11.3 Å². The van der Waals surface area contributed by atoms with Gasteiger partial charge in [0.1, 0.15) is 25.9 Å². The zero-order valence-electron chi connectivity index (χ0n) is 23.5. The second-order valence-electron chi connectivity index (χ2n) is 11.1. The van der Waals surface area contributed by atoms with Gasteiger partial charge in [0.25, 0.3) is 5.91 Å². The molecule has 4 aromatic rings. The van der Waals surface area contributed by atoms with Crippen molar-refractivity contribution in [2.75, 3.05) is 18.3 Å². The zero-order valence-corrected chi connectivity index (χ0v) is 24.3. The molecule has 2 bridgehead atoms. The first-order chi connectivity index (χ1) is 20.9. The maximum Gasteiger partial charge on any atom is 0.278 e. The van der Waals surface area contributed by atoms with Gasteiger partial charge in [-0.25, -0.2) is 4.39 Å². The molecule has 7 nitrogen and oxygen atoms in total. The van der Waals surface area contributed by atoms with E-state index in [1.54, 1.807) is 21.8 Å². The molecule has 3 aliphatic rings. The Labute approximate surface area is 251 Å². The first-order valence-electron chi connectivity index (χ1n) is 14.2. The molecule has 2 aliphatic heterocycles. The summed E-state index contributed by atoms with van der Waals surface area (Å²) in [6, 6.07) is 14.7. The largest absolute Gasteiger partial charge is 0.486 e. The third-order valence-electron chi connectivity index (χ3n) is 8.65. The van der Waals surface area contributed by atoms with Gasteiger partial charge >= 0.3 is 0 Å². The van der Waals surface area contributed by atoms with Crippen molar-refractivity contribution in [3.8, 4) is 11.5 Å². The summed E-state index contributed by atoms with van der Waals surface area (Å²) in [5.74, 6) is -2.64. The van der Waals surface area contributed by atoms with Crippen molar-refractivity contribution in [2.45, 2.75) is 44.4 Å². The van der Waals surface area contributed by atoms with Crippen LogP contribution in [0.2, 0.25) is 0 Å². The first kappa shape index (κ1) is 27.4. The fraction of sp³-hybridized carbons (Fsp3) is 0.273. The number of aryl methyl sites for hydroxylation is 1.